The number of nitrogens with one attached hydrogen (secondary N) is 2. The second-order valence-corrected chi connectivity index (χ2v) is 13.5. The Hall–Kier alpha value is -3.74. The van der Waals surface area contributed by atoms with Crippen LogP contribution in [-0.2, 0) is 15.1 Å². The quantitative estimate of drug-likeness (QED) is 0.121. The van der Waals surface area contributed by atoms with Crippen molar-refractivity contribution in [3.05, 3.63) is 106 Å². The first-order valence-electron chi connectivity index (χ1n) is 14.2. The summed E-state index contributed by atoms with van der Waals surface area (Å²) in [6, 6.07) is 20.8. The van der Waals surface area contributed by atoms with Crippen LogP contribution in [0.15, 0.2) is 77.6 Å². The summed E-state index contributed by atoms with van der Waals surface area (Å²) in [6.45, 7) is 5.47. The molecule has 3 N–H and O–H groups in total. The first kappa shape index (κ1) is 34.1. The van der Waals surface area contributed by atoms with Crippen molar-refractivity contribution >= 4 is 19.7 Å². The number of halogens is 6. The van der Waals surface area contributed by atoms with Gasteiger partial charge in [0.05, 0.1) is 26.2 Å². The molecule has 45 heavy (non-hydrogen) atoms. The number of hydrogen-bond donors (Lipinski definition) is 3. The standard InChI is InChI=1S/C30H33N3O5.F6P/c1-21-18-23(19-27(34)32-21)28(35)31-14-17-33-15-12-22(13-16-33)26(20-33)38-29(36)30(37,24-8-4-2-5-9-24)25-10-6-3-7-11-25;1-7(2,3,4,5)6/h2-11,18-19,22,26,37H,12-17,20H2,1H3,(H-,31,32,34,35);/q;-1/p+1/t22?,26-,33?;/m0./s1. The summed E-state index contributed by atoms with van der Waals surface area (Å²) in [4.78, 5) is 40.6. The fourth-order valence-electron chi connectivity index (χ4n) is 5.98. The molecule has 3 aliphatic heterocycles. The van der Waals surface area contributed by atoms with Gasteiger partial charge in [0.1, 0.15) is 6.54 Å². The molecule has 3 aromatic rings. The van der Waals surface area contributed by atoms with E-state index in [0.29, 0.717) is 42.0 Å². The van der Waals surface area contributed by atoms with Crippen LogP contribution >= 0.6 is 7.81 Å². The molecule has 4 heterocycles. The molecule has 1 amide bonds. The van der Waals surface area contributed by atoms with Crippen LogP contribution in [0.2, 0.25) is 0 Å². The summed E-state index contributed by atoms with van der Waals surface area (Å²) in [7, 11) is -10.7. The van der Waals surface area contributed by atoms with E-state index in [9.17, 15) is 44.7 Å². The number of aryl methyl sites for hydroxylation is 1. The van der Waals surface area contributed by atoms with E-state index in [1.54, 1.807) is 61.5 Å². The zero-order valence-corrected chi connectivity index (χ0v) is 25.2. The Morgan fingerprint density at radius 2 is 1.47 bits per heavy atom. The van der Waals surface area contributed by atoms with Gasteiger partial charge in [-0.3, -0.25) is 9.59 Å². The predicted octanol–water partition coefficient (Wildman–Crippen LogP) is 5.88. The Bertz CT molecular complexity index is 1530. The zero-order chi connectivity index (χ0) is 33.2. The molecule has 0 unspecified atom stereocenters. The average Bonchev–Trinajstić information content (AvgIpc) is 2.96. The molecule has 1 atom stereocenters. The number of quaternary nitrogens is 1. The number of nitrogens with zero attached hydrogens (tertiary/aromatic N) is 1. The molecule has 246 valence electrons. The van der Waals surface area contributed by atoms with Gasteiger partial charge in [-0.15, -0.1) is 0 Å². The van der Waals surface area contributed by atoms with Crippen LogP contribution in [0.25, 0.3) is 0 Å². The number of fused-ring (bicyclic) bond motifs is 3. The summed E-state index contributed by atoms with van der Waals surface area (Å²) in [5.41, 5.74) is -0.280. The van der Waals surface area contributed by atoms with Gasteiger partial charge < -0.3 is 24.6 Å². The Labute approximate surface area is 254 Å². The molecule has 2 bridgehead atoms. The molecule has 0 aliphatic carbocycles. The van der Waals surface area contributed by atoms with Crippen LogP contribution in [0, 0.1) is 12.8 Å². The number of amides is 1. The van der Waals surface area contributed by atoms with Crippen molar-refractivity contribution in [3.8, 4) is 0 Å². The van der Waals surface area contributed by atoms with Crippen molar-refractivity contribution in [2.75, 3.05) is 32.7 Å². The molecule has 3 aliphatic rings. The number of hydrogen-bond acceptors (Lipinski definition) is 5. The van der Waals surface area contributed by atoms with Gasteiger partial charge >= 0.3 is 39.0 Å². The normalized spacial score (nSPS) is 22.7. The molecular weight excluding hydrogens is 627 g/mol. The zero-order valence-electron chi connectivity index (χ0n) is 24.3. The minimum absolute atomic E-state index is 0.253. The first-order valence-corrected chi connectivity index (χ1v) is 16.2. The van der Waals surface area contributed by atoms with E-state index < -0.39 is 19.4 Å². The number of carbonyl (C=O) groups is 2. The number of aliphatic hydroxyl groups is 1. The number of ether oxygens (including phenoxy) is 1. The number of piperidine rings is 3. The average molecular weight is 662 g/mol. The third kappa shape index (κ3) is 9.62. The van der Waals surface area contributed by atoms with E-state index in [2.05, 4.69) is 10.3 Å². The number of carbonyl (C=O) groups excluding carboxylic acids is 2. The van der Waals surface area contributed by atoms with Crippen LogP contribution < -0.4 is 10.9 Å². The van der Waals surface area contributed by atoms with Crippen LogP contribution in [0.5, 0.6) is 0 Å². The summed E-state index contributed by atoms with van der Waals surface area (Å²) in [5, 5.41) is 14.7. The van der Waals surface area contributed by atoms with Crippen LogP contribution in [0.1, 0.15) is 40.0 Å². The van der Waals surface area contributed by atoms with Gasteiger partial charge in [0.25, 0.3) is 5.91 Å². The van der Waals surface area contributed by atoms with Crippen molar-refractivity contribution in [3.63, 3.8) is 0 Å². The van der Waals surface area contributed by atoms with E-state index in [-0.39, 0.29) is 23.5 Å². The molecule has 2 aromatic carbocycles. The van der Waals surface area contributed by atoms with Gasteiger partial charge in [0.15, 0.2) is 6.10 Å². The number of pyridine rings is 1. The summed E-state index contributed by atoms with van der Waals surface area (Å²) >= 11 is 0. The first-order chi connectivity index (χ1) is 20.7. The second-order valence-electron chi connectivity index (χ2n) is 11.5. The fourth-order valence-corrected chi connectivity index (χ4v) is 5.98. The van der Waals surface area contributed by atoms with Crippen molar-refractivity contribution in [2.45, 2.75) is 31.5 Å². The van der Waals surface area contributed by atoms with E-state index >= 15 is 0 Å². The molecule has 0 spiro atoms. The summed E-state index contributed by atoms with van der Waals surface area (Å²) < 4.78 is 66.1. The Morgan fingerprint density at radius 3 is 1.96 bits per heavy atom. The number of aromatic nitrogens is 1. The van der Waals surface area contributed by atoms with Crippen LogP contribution in [-0.4, -0.2) is 65.3 Å². The van der Waals surface area contributed by atoms with E-state index in [0.717, 1.165) is 30.4 Å². The topological polar surface area (TPSA) is 108 Å². The van der Waals surface area contributed by atoms with Gasteiger partial charge in [0.2, 0.25) is 11.2 Å². The third-order valence-corrected chi connectivity index (χ3v) is 8.09. The van der Waals surface area contributed by atoms with Crippen molar-refractivity contribution in [1.82, 2.24) is 10.3 Å². The minimum atomic E-state index is -10.7. The monoisotopic (exact) mass is 661 g/mol. The maximum absolute atomic E-state index is 13.7. The number of benzene rings is 2. The number of esters is 1. The van der Waals surface area contributed by atoms with E-state index in [1.165, 1.54) is 6.07 Å². The SMILES string of the molecule is Cc1cc(C(=O)NCC[N+]23CCC(CC2)[C@@H](OC(=O)C(O)(c2ccccc2)c2ccccc2)C3)cc(=O)[nH]1.F[P-](F)(F)(F)(F)F. The number of aromatic amines is 1. The van der Waals surface area contributed by atoms with Gasteiger partial charge in [-0.2, -0.15) is 0 Å². The fraction of sp³-hybridized carbons (Fsp3) is 0.367. The number of rotatable bonds is 8. The van der Waals surface area contributed by atoms with Crippen molar-refractivity contribution in [2.24, 2.45) is 5.92 Å². The van der Waals surface area contributed by atoms with Crippen molar-refractivity contribution < 1.29 is 49.1 Å². The molecule has 6 rings (SSSR count). The predicted molar refractivity (Wildman–Crippen MR) is 156 cm³/mol. The van der Waals surface area contributed by atoms with E-state index in [1.807, 2.05) is 12.1 Å². The van der Waals surface area contributed by atoms with Crippen LogP contribution in [0.3, 0.4) is 0 Å². The summed E-state index contributed by atoms with van der Waals surface area (Å²) in [6.07, 6.45) is 1.54. The Balaban J connectivity index is 0.000000591. The van der Waals surface area contributed by atoms with Crippen molar-refractivity contribution in [1.29, 1.82) is 0 Å². The summed E-state index contributed by atoms with van der Waals surface area (Å²) in [5.74, 6) is -0.684. The molecule has 8 nitrogen and oxygen atoms in total. The van der Waals surface area contributed by atoms with Crippen LogP contribution in [0.4, 0.5) is 25.2 Å². The van der Waals surface area contributed by atoms with Gasteiger partial charge in [-0.25, -0.2) is 4.79 Å². The van der Waals surface area contributed by atoms with Gasteiger partial charge in [0, 0.05) is 36.1 Å². The van der Waals surface area contributed by atoms with Gasteiger partial charge in [-0.1, -0.05) is 60.7 Å². The number of H-pyrrole nitrogens is 1. The maximum atomic E-state index is 13.7. The Kier molecular flexibility index (Phi) is 9.02. The molecule has 3 fully saturated rings. The molecule has 3 saturated heterocycles. The Morgan fingerprint density at radius 1 is 0.956 bits per heavy atom. The van der Waals surface area contributed by atoms with Gasteiger partial charge in [-0.05, 0) is 24.1 Å². The van der Waals surface area contributed by atoms with E-state index in [4.69, 9.17) is 4.74 Å². The molecule has 0 saturated carbocycles. The third-order valence-electron chi connectivity index (χ3n) is 8.09. The molecule has 0 radical (unpaired) electrons. The molecule has 1 aromatic heterocycles. The molecular formula is C30H34F6N3O5P. The molecule has 15 heteroatoms. The second kappa shape index (κ2) is 11.9.